The van der Waals surface area contributed by atoms with Crippen LogP contribution in [0.5, 0.6) is 0 Å². The maximum absolute atomic E-state index is 11.4. The van der Waals surface area contributed by atoms with Crippen molar-refractivity contribution < 1.29 is 24.6 Å². The third kappa shape index (κ3) is 15.4. The first-order chi connectivity index (χ1) is 12.3. The van der Waals surface area contributed by atoms with E-state index in [2.05, 4.69) is 12.2 Å². The quantitative estimate of drug-likeness (QED) is 0.207. The topological polar surface area (TPSA) is 77.8 Å². The number of rotatable bonds is 17. The van der Waals surface area contributed by atoms with Crippen LogP contribution in [0.1, 0.15) is 70.6 Å². The number of carboxylic acids is 1. The van der Waals surface area contributed by atoms with E-state index in [1.54, 1.807) is 0 Å². The van der Waals surface area contributed by atoms with Crippen LogP contribution in [0.15, 0.2) is 12.2 Å². The lowest BCUT2D eigenvalue weighted by atomic mass is 9.94. The van der Waals surface area contributed by atoms with Crippen LogP contribution in [-0.4, -0.2) is 66.2 Å². The number of aliphatic hydroxyl groups is 2. The number of unbranched alkanes of at least 4 members (excludes halogenated alkanes) is 8. The van der Waals surface area contributed by atoms with Crippen molar-refractivity contribution >= 4 is 5.97 Å². The number of aliphatic hydroxyl groups excluding tert-OH is 2. The maximum atomic E-state index is 11.4. The second-order valence-electron chi connectivity index (χ2n) is 8.37. The lowest BCUT2D eigenvalue weighted by molar-refractivity contribution is -0.874. The van der Waals surface area contributed by atoms with Crippen molar-refractivity contribution in [2.45, 2.75) is 76.7 Å². The molecule has 26 heavy (non-hydrogen) atoms. The van der Waals surface area contributed by atoms with E-state index in [0.29, 0.717) is 17.4 Å². The Labute approximate surface area is 160 Å². The van der Waals surface area contributed by atoms with Gasteiger partial charge in [-0.15, -0.1) is 0 Å². The van der Waals surface area contributed by atoms with Crippen LogP contribution < -0.4 is 0 Å². The van der Waals surface area contributed by atoms with E-state index in [9.17, 15) is 15.0 Å². The second-order valence-corrected chi connectivity index (χ2v) is 8.37. The number of likely N-dealkylation sites (N-methyl/N-ethyl adjacent to an activating group) is 1. The average molecular weight is 373 g/mol. The molecule has 0 spiro atoms. The predicted octanol–water partition coefficient (Wildman–Crippen LogP) is 3.59. The Kier molecular flexibility index (Phi) is 14.6. The molecule has 0 amide bonds. The smallest absolute Gasteiger partial charge is 0.309 e. The summed E-state index contributed by atoms with van der Waals surface area (Å²) in [6, 6.07) is 0. The highest BCUT2D eigenvalue weighted by molar-refractivity contribution is 5.70. The molecular formula is C21H42NO4+. The fraction of sp³-hybridized carbons (Fsp3) is 0.857. The Morgan fingerprint density at radius 1 is 0.885 bits per heavy atom. The van der Waals surface area contributed by atoms with Crippen molar-refractivity contribution in [2.24, 2.45) is 5.92 Å². The molecule has 3 N–H and O–H groups in total. The summed E-state index contributed by atoms with van der Waals surface area (Å²) in [6.07, 6.45) is 15.0. The molecule has 0 saturated carbocycles. The molecule has 0 aromatic rings. The lowest BCUT2D eigenvalue weighted by Gasteiger charge is -2.29. The molecule has 5 heteroatoms. The largest absolute Gasteiger partial charge is 0.481 e. The molecule has 0 radical (unpaired) electrons. The second kappa shape index (κ2) is 15.2. The van der Waals surface area contributed by atoms with Crippen LogP contribution in [0, 0.1) is 5.92 Å². The molecule has 0 bridgehead atoms. The molecular weight excluding hydrogens is 330 g/mol. The molecule has 0 aromatic carbocycles. The van der Waals surface area contributed by atoms with E-state index in [4.69, 9.17) is 5.11 Å². The van der Waals surface area contributed by atoms with Crippen molar-refractivity contribution in [1.82, 2.24) is 0 Å². The first kappa shape index (κ1) is 25.1. The zero-order chi connectivity index (χ0) is 19.8. The van der Waals surface area contributed by atoms with Gasteiger partial charge in [-0.3, -0.25) is 4.79 Å². The van der Waals surface area contributed by atoms with Crippen LogP contribution in [-0.2, 0) is 4.79 Å². The molecule has 2 atom stereocenters. The highest BCUT2D eigenvalue weighted by Crippen LogP contribution is 2.18. The number of nitrogens with zero attached hydrogens (tertiary/aromatic N) is 1. The Hall–Kier alpha value is -0.910. The fourth-order valence-corrected chi connectivity index (χ4v) is 3.11. The summed E-state index contributed by atoms with van der Waals surface area (Å²) < 4.78 is 0.570. The monoisotopic (exact) mass is 372 g/mol. The van der Waals surface area contributed by atoms with E-state index >= 15 is 0 Å². The van der Waals surface area contributed by atoms with Crippen LogP contribution in [0.4, 0.5) is 0 Å². The Balaban J connectivity index is 3.69. The van der Waals surface area contributed by atoms with Crippen LogP contribution >= 0.6 is 0 Å². The molecule has 0 rings (SSSR count). The van der Waals surface area contributed by atoms with Crippen LogP contribution in [0.25, 0.3) is 0 Å². The first-order valence-corrected chi connectivity index (χ1v) is 10.2. The summed E-state index contributed by atoms with van der Waals surface area (Å²) in [4.78, 5) is 11.4. The number of aliphatic carboxylic acids is 1. The minimum atomic E-state index is -0.878. The summed E-state index contributed by atoms with van der Waals surface area (Å²) >= 11 is 0. The standard InChI is InChI=1S/C21H41NO4/c1-22(2,3)18-20(24)19(21(25)26)16-14-12-10-8-6-4-5-7-9-11-13-15-17-23/h7,9,19-20,23-24H,4-6,8,10-18H2,1-3H3/p+1. The summed E-state index contributed by atoms with van der Waals surface area (Å²) in [5.74, 6) is -1.53. The maximum Gasteiger partial charge on any atom is 0.309 e. The number of carboxylic acid groups (broad SMARTS) is 1. The number of hydrogen-bond donors (Lipinski definition) is 3. The van der Waals surface area contributed by atoms with Crippen molar-refractivity contribution in [3.63, 3.8) is 0 Å². The highest BCUT2D eigenvalue weighted by atomic mass is 16.4. The average Bonchev–Trinajstić information content (AvgIpc) is 2.53. The first-order valence-electron chi connectivity index (χ1n) is 10.2. The highest BCUT2D eigenvalue weighted by Gasteiger charge is 2.30. The minimum absolute atomic E-state index is 0.288. The fourth-order valence-electron chi connectivity index (χ4n) is 3.11. The summed E-state index contributed by atoms with van der Waals surface area (Å²) in [5, 5.41) is 28.2. The molecule has 0 saturated heterocycles. The Bertz CT molecular complexity index is 377. The van der Waals surface area contributed by atoms with Gasteiger partial charge in [0.15, 0.2) is 0 Å². The molecule has 0 aliphatic rings. The Morgan fingerprint density at radius 2 is 1.38 bits per heavy atom. The van der Waals surface area contributed by atoms with E-state index in [1.165, 1.54) is 19.3 Å². The molecule has 0 aliphatic heterocycles. The third-order valence-corrected chi connectivity index (χ3v) is 4.60. The van der Waals surface area contributed by atoms with Gasteiger partial charge in [0.05, 0.1) is 27.1 Å². The summed E-state index contributed by atoms with van der Waals surface area (Å²) in [6.45, 7) is 0.750. The van der Waals surface area contributed by atoms with Gasteiger partial charge in [0.2, 0.25) is 0 Å². The molecule has 154 valence electrons. The normalized spacial score (nSPS) is 14.7. The molecule has 2 unspecified atom stereocenters. The summed E-state index contributed by atoms with van der Waals surface area (Å²) in [5.41, 5.74) is 0. The lowest BCUT2D eigenvalue weighted by Crippen LogP contribution is -2.45. The van der Waals surface area contributed by atoms with Crippen molar-refractivity contribution in [3.8, 4) is 0 Å². The molecule has 0 fully saturated rings. The molecule has 5 nitrogen and oxygen atoms in total. The van der Waals surface area contributed by atoms with Crippen molar-refractivity contribution in [2.75, 3.05) is 34.3 Å². The number of hydrogen-bond acceptors (Lipinski definition) is 3. The van der Waals surface area contributed by atoms with Crippen molar-refractivity contribution in [3.05, 3.63) is 12.2 Å². The van der Waals surface area contributed by atoms with Gasteiger partial charge >= 0.3 is 5.97 Å². The van der Waals surface area contributed by atoms with Gasteiger partial charge in [-0.2, -0.15) is 0 Å². The van der Waals surface area contributed by atoms with Gasteiger partial charge in [-0.1, -0.05) is 44.3 Å². The zero-order valence-electron chi connectivity index (χ0n) is 17.2. The van der Waals surface area contributed by atoms with Gasteiger partial charge in [0, 0.05) is 6.61 Å². The molecule has 0 aromatic heterocycles. The predicted molar refractivity (Wildman–Crippen MR) is 107 cm³/mol. The van der Waals surface area contributed by atoms with Gasteiger partial charge < -0.3 is 19.8 Å². The van der Waals surface area contributed by atoms with Crippen molar-refractivity contribution in [1.29, 1.82) is 0 Å². The zero-order valence-corrected chi connectivity index (χ0v) is 17.2. The third-order valence-electron chi connectivity index (χ3n) is 4.60. The van der Waals surface area contributed by atoms with Gasteiger partial charge in [-0.05, 0) is 38.5 Å². The SMILES string of the molecule is C[N+](C)(C)CC(O)C(CCCCCCCCC=CCCCCO)C(=O)O. The number of carbonyl (C=O) groups is 1. The number of quaternary nitrogens is 1. The summed E-state index contributed by atoms with van der Waals surface area (Å²) in [7, 11) is 5.89. The van der Waals surface area contributed by atoms with E-state index < -0.39 is 18.0 Å². The minimum Gasteiger partial charge on any atom is -0.481 e. The van der Waals surface area contributed by atoms with E-state index in [-0.39, 0.29) is 6.61 Å². The van der Waals surface area contributed by atoms with Crippen LogP contribution in [0.2, 0.25) is 0 Å². The van der Waals surface area contributed by atoms with Gasteiger partial charge in [0.1, 0.15) is 12.6 Å². The Morgan fingerprint density at radius 3 is 1.88 bits per heavy atom. The number of allylic oxidation sites excluding steroid dienone is 2. The van der Waals surface area contributed by atoms with E-state index in [1.807, 2.05) is 21.1 Å². The molecule has 0 heterocycles. The van der Waals surface area contributed by atoms with Gasteiger partial charge in [-0.25, -0.2) is 0 Å². The van der Waals surface area contributed by atoms with E-state index in [0.717, 1.165) is 44.9 Å². The van der Waals surface area contributed by atoms with Crippen LogP contribution in [0.3, 0.4) is 0 Å². The van der Waals surface area contributed by atoms with Gasteiger partial charge in [0.25, 0.3) is 0 Å². The molecule has 0 aliphatic carbocycles.